The summed E-state index contributed by atoms with van der Waals surface area (Å²) in [5, 5.41) is 21.6. The van der Waals surface area contributed by atoms with Gasteiger partial charge in [0.25, 0.3) is 5.91 Å². The van der Waals surface area contributed by atoms with E-state index in [4.69, 9.17) is 21.1 Å². The van der Waals surface area contributed by atoms with Crippen LogP contribution in [-0.4, -0.2) is 24.2 Å². The number of nitriles is 1. The van der Waals surface area contributed by atoms with Crippen LogP contribution in [0.2, 0.25) is 5.02 Å². The normalized spacial score (nSPS) is 10.7. The molecule has 6 nitrogen and oxygen atoms in total. The summed E-state index contributed by atoms with van der Waals surface area (Å²) in [6.07, 6.45) is 2.99. The molecule has 0 spiro atoms. The standard InChI is InChI=1S/C21H19ClN2O4/c1-3-9-28-20-18(22)11-14(12-19(20)27-4-2)10-15(13-23)21(26)24-16-5-7-17(25)8-6-16/h3,5-8,10-12,25H,1,4,9H2,2H3,(H,24,26)/b15-10+. The van der Waals surface area contributed by atoms with Gasteiger partial charge in [0.15, 0.2) is 11.5 Å². The van der Waals surface area contributed by atoms with Crippen LogP contribution in [0.3, 0.4) is 0 Å². The topological polar surface area (TPSA) is 91.6 Å². The molecule has 2 N–H and O–H groups in total. The zero-order valence-electron chi connectivity index (χ0n) is 15.2. The second-order valence-electron chi connectivity index (χ2n) is 5.53. The van der Waals surface area contributed by atoms with E-state index in [0.717, 1.165) is 0 Å². The number of halogens is 1. The molecule has 0 atom stereocenters. The number of benzene rings is 2. The van der Waals surface area contributed by atoms with Crippen molar-refractivity contribution in [2.45, 2.75) is 6.92 Å². The van der Waals surface area contributed by atoms with Crippen molar-refractivity contribution >= 4 is 29.3 Å². The van der Waals surface area contributed by atoms with Gasteiger partial charge in [0, 0.05) is 5.69 Å². The molecule has 7 heteroatoms. The Bertz CT molecular complexity index is 931. The third-order valence-electron chi connectivity index (χ3n) is 3.48. The lowest BCUT2D eigenvalue weighted by atomic mass is 10.1. The van der Waals surface area contributed by atoms with Crippen LogP contribution in [0.15, 0.2) is 54.6 Å². The molecule has 2 rings (SSSR count). The summed E-state index contributed by atoms with van der Waals surface area (Å²) in [5.74, 6) is 0.257. The van der Waals surface area contributed by atoms with Gasteiger partial charge in [0.05, 0.1) is 11.6 Å². The maximum absolute atomic E-state index is 12.4. The van der Waals surface area contributed by atoms with Crippen molar-refractivity contribution in [2.24, 2.45) is 0 Å². The summed E-state index contributed by atoms with van der Waals surface area (Å²) < 4.78 is 11.1. The van der Waals surface area contributed by atoms with Gasteiger partial charge in [0.2, 0.25) is 0 Å². The van der Waals surface area contributed by atoms with Crippen molar-refractivity contribution in [3.05, 3.63) is 65.2 Å². The fourth-order valence-corrected chi connectivity index (χ4v) is 2.55. The fraction of sp³-hybridized carbons (Fsp3) is 0.143. The Morgan fingerprint density at radius 1 is 1.32 bits per heavy atom. The van der Waals surface area contributed by atoms with E-state index in [-0.39, 0.29) is 23.0 Å². The molecular formula is C21H19ClN2O4. The third-order valence-corrected chi connectivity index (χ3v) is 3.76. The molecule has 2 aromatic carbocycles. The van der Waals surface area contributed by atoms with E-state index in [0.29, 0.717) is 29.4 Å². The summed E-state index contributed by atoms with van der Waals surface area (Å²) in [6.45, 7) is 6.06. The van der Waals surface area contributed by atoms with Gasteiger partial charge in [-0.1, -0.05) is 24.3 Å². The number of hydrogen-bond acceptors (Lipinski definition) is 5. The molecule has 0 bridgehead atoms. The van der Waals surface area contributed by atoms with Crippen molar-refractivity contribution in [3.63, 3.8) is 0 Å². The highest BCUT2D eigenvalue weighted by atomic mass is 35.5. The van der Waals surface area contributed by atoms with Crippen LogP contribution in [0.25, 0.3) is 6.08 Å². The highest BCUT2D eigenvalue weighted by Gasteiger charge is 2.14. The zero-order valence-corrected chi connectivity index (χ0v) is 16.0. The summed E-state index contributed by atoms with van der Waals surface area (Å²) in [4.78, 5) is 12.4. The first kappa shape index (κ1) is 20.9. The van der Waals surface area contributed by atoms with Gasteiger partial charge in [-0.15, -0.1) is 0 Å². The lowest BCUT2D eigenvalue weighted by molar-refractivity contribution is -0.112. The Morgan fingerprint density at radius 2 is 2.04 bits per heavy atom. The predicted octanol–water partition coefficient (Wildman–Crippen LogP) is 4.55. The number of anilines is 1. The first-order valence-electron chi connectivity index (χ1n) is 8.40. The smallest absolute Gasteiger partial charge is 0.266 e. The van der Waals surface area contributed by atoms with E-state index in [2.05, 4.69) is 11.9 Å². The number of rotatable bonds is 8. The average molecular weight is 399 g/mol. The molecule has 0 fully saturated rings. The van der Waals surface area contributed by atoms with E-state index in [9.17, 15) is 15.2 Å². The largest absolute Gasteiger partial charge is 0.508 e. The van der Waals surface area contributed by atoms with Gasteiger partial charge in [-0.05, 0) is 55.0 Å². The molecule has 0 saturated carbocycles. The van der Waals surface area contributed by atoms with Gasteiger partial charge >= 0.3 is 0 Å². The predicted molar refractivity (Wildman–Crippen MR) is 109 cm³/mol. The van der Waals surface area contributed by atoms with Crippen molar-refractivity contribution in [2.75, 3.05) is 18.5 Å². The molecule has 144 valence electrons. The first-order valence-corrected chi connectivity index (χ1v) is 8.78. The molecule has 0 aliphatic rings. The number of carbonyl (C=O) groups excluding carboxylic acids is 1. The Morgan fingerprint density at radius 3 is 2.64 bits per heavy atom. The van der Waals surface area contributed by atoms with Gasteiger partial charge in [0.1, 0.15) is 24.0 Å². The Kier molecular flexibility index (Phi) is 7.49. The Balaban J connectivity index is 2.31. The zero-order chi connectivity index (χ0) is 20.5. The highest BCUT2D eigenvalue weighted by molar-refractivity contribution is 6.32. The molecular weight excluding hydrogens is 380 g/mol. The van der Waals surface area contributed by atoms with E-state index in [1.165, 1.54) is 30.3 Å². The SMILES string of the molecule is C=CCOc1c(Cl)cc(/C=C(\C#N)C(=O)Nc2ccc(O)cc2)cc1OCC. The summed E-state index contributed by atoms with van der Waals surface area (Å²) >= 11 is 6.28. The van der Waals surface area contributed by atoms with E-state index < -0.39 is 5.91 Å². The third kappa shape index (κ3) is 5.53. The molecule has 2 aromatic rings. The van der Waals surface area contributed by atoms with E-state index in [1.807, 2.05) is 13.0 Å². The number of phenolic OH excluding ortho intramolecular Hbond substituents is 1. The number of aromatic hydroxyl groups is 1. The molecule has 0 unspecified atom stereocenters. The Hall–Kier alpha value is -3.43. The van der Waals surface area contributed by atoms with E-state index in [1.54, 1.807) is 18.2 Å². The number of ether oxygens (including phenoxy) is 2. The lowest BCUT2D eigenvalue weighted by Gasteiger charge is -2.13. The number of nitrogens with one attached hydrogen (secondary N) is 1. The van der Waals surface area contributed by atoms with Gasteiger partial charge < -0.3 is 19.9 Å². The van der Waals surface area contributed by atoms with Crippen LogP contribution in [0.4, 0.5) is 5.69 Å². The first-order chi connectivity index (χ1) is 13.5. The lowest BCUT2D eigenvalue weighted by Crippen LogP contribution is -2.13. The molecule has 0 radical (unpaired) electrons. The van der Waals surface area contributed by atoms with Crippen LogP contribution >= 0.6 is 11.6 Å². The highest BCUT2D eigenvalue weighted by Crippen LogP contribution is 2.37. The van der Waals surface area contributed by atoms with Gasteiger partial charge in [-0.3, -0.25) is 4.79 Å². The second kappa shape index (κ2) is 10.0. The fourth-order valence-electron chi connectivity index (χ4n) is 2.27. The summed E-state index contributed by atoms with van der Waals surface area (Å²) in [5.41, 5.74) is 0.841. The molecule has 0 aliphatic carbocycles. The number of hydrogen-bond donors (Lipinski definition) is 2. The molecule has 28 heavy (non-hydrogen) atoms. The van der Waals surface area contributed by atoms with Crippen molar-refractivity contribution in [1.29, 1.82) is 5.26 Å². The number of phenols is 1. The minimum atomic E-state index is -0.589. The molecule has 0 aromatic heterocycles. The van der Waals surface area contributed by atoms with Gasteiger partial charge in [-0.25, -0.2) is 0 Å². The number of nitrogens with zero attached hydrogens (tertiary/aromatic N) is 1. The van der Waals surface area contributed by atoms with Gasteiger partial charge in [-0.2, -0.15) is 5.26 Å². The van der Waals surface area contributed by atoms with Crippen molar-refractivity contribution < 1.29 is 19.4 Å². The van der Waals surface area contributed by atoms with Crippen LogP contribution in [0.5, 0.6) is 17.2 Å². The number of amides is 1. The van der Waals surface area contributed by atoms with Crippen molar-refractivity contribution in [3.8, 4) is 23.3 Å². The van der Waals surface area contributed by atoms with Crippen LogP contribution < -0.4 is 14.8 Å². The molecule has 0 heterocycles. The maximum atomic E-state index is 12.4. The van der Waals surface area contributed by atoms with Crippen LogP contribution in [0.1, 0.15) is 12.5 Å². The summed E-state index contributed by atoms with van der Waals surface area (Å²) in [6, 6.07) is 11.0. The average Bonchev–Trinajstić information content (AvgIpc) is 2.67. The molecule has 0 saturated heterocycles. The van der Waals surface area contributed by atoms with E-state index >= 15 is 0 Å². The molecule has 0 aliphatic heterocycles. The minimum absolute atomic E-state index is 0.0749. The number of carbonyl (C=O) groups is 1. The summed E-state index contributed by atoms with van der Waals surface area (Å²) in [7, 11) is 0. The minimum Gasteiger partial charge on any atom is -0.508 e. The Labute approximate surface area is 168 Å². The quantitative estimate of drug-likeness (QED) is 0.294. The van der Waals surface area contributed by atoms with Crippen molar-refractivity contribution in [1.82, 2.24) is 0 Å². The molecule has 1 amide bonds. The monoisotopic (exact) mass is 398 g/mol. The van der Waals surface area contributed by atoms with Crippen LogP contribution in [0, 0.1) is 11.3 Å². The van der Waals surface area contributed by atoms with Crippen LogP contribution in [-0.2, 0) is 4.79 Å². The maximum Gasteiger partial charge on any atom is 0.266 e. The second-order valence-corrected chi connectivity index (χ2v) is 5.94.